The summed E-state index contributed by atoms with van der Waals surface area (Å²) < 4.78 is 5.52. The van der Waals surface area contributed by atoms with E-state index < -0.39 is 150 Å². The van der Waals surface area contributed by atoms with E-state index in [2.05, 4.69) is 52.5 Å². The Kier molecular flexibility index (Phi) is 24.9. The van der Waals surface area contributed by atoms with Crippen molar-refractivity contribution in [2.75, 3.05) is 27.7 Å². The molecule has 1 fully saturated rings. The molecule has 27 nitrogen and oxygen atoms in total. The van der Waals surface area contributed by atoms with Crippen LogP contribution in [0.5, 0.6) is 5.75 Å². The molecule has 78 heavy (non-hydrogen) atoms. The van der Waals surface area contributed by atoms with Crippen LogP contribution in [-0.4, -0.2) is 170 Å². The lowest BCUT2D eigenvalue weighted by Crippen LogP contribution is -2.65. The van der Waals surface area contributed by atoms with Gasteiger partial charge in [-0.1, -0.05) is 48.9 Å². The molecule has 4 rings (SSSR count). The number of ketones is 2. The maximum Gasteiger partial charge on any atom is 0.326 e. The summed E-state index contributed by atoms with van der Waals surface area (Å²) in [6.45, 7) is 1.26. The number of carbonyl (C=O) groups is 10. The van der Waals surface area contributed by atoms with E-state index in [4.69, 9.17) is 27.7 Å². The topological polar surface area (TPSA) is 445 Å². The van der Waals surface area contributed by atoms with Crippen molar-refractivity contribution in [1.82, 2.24) is 42.5 Å². The number of likely N-dealkylation sites (N-methyl/N-ethyl adjacent to an activating group) is 2. The number of ether oxygens (including phenoxy) is 1. The maximum atomic E-state index is 14.7. The number of primary amides is 2. The fraction of sp³-hybridized carbons (Fsp3) is 0.529. The summed E-state index contributed by atoms with van der Waals surface area (Å²) >= 11 is 0. The Balaban J connectivity index is 1.63. The van der Waals surface area contributed by atoms with E-state index in [1.807, 2.05) is 0 Å². The van der Waals surface area contributed by atoms with Crippen molar-refractivity contribution >= 4 is 71.6 Å². The number of Topliss-reactive ketones (excluding diaryl/α,β-unsaturated/α-hetero) is 2. The highest BCUT2D eigenvalue weighted by Gasteiger charge is 2.44. The molecule has 2 aliphatic rings. The summed E-state index contributed by atoms with van der Waals surface area (Å²) in [4.78, 5) is 143. The average Bonchev–Trinajstić information content (AvgIpc) is 4.13. The number of methoxy groups -OCH3 is 1. The smallest absolute Gasteiger partial charge is 0.326 e. The molecule has 1 saturated carbocycles. The Morgan fingerprint density at radius 1 is 0.731 bits per heavy atom. The molecular formula is C51H74N14O13. The summed E-state index contributed by atoms with van der Waals surface area (Å²) in [6.07, 6.45) is -0.140. The lowest BCUT2D eigenvalue weighted by atomic mass is 9.85. The number of nitrogens with zero attached hydrogens (tertiary/aromatic N) is 2. The van der Waals surface area contributed by atoms with Crippen LogP contribution in [0, 0.1) is 17.8 Å². The number of phenolic OH excluding ortho intramolecular Hbond substituents is 1. The number of hydrogen-bond acceptors (Lipinski definition) is 18. The molecule has 1 aliphatic carbocycles. The predicted octanol–water partition coefficient (Wildman–Crippen LogP) is -3.49. The second-order valence-corrected chi connectivity index (χ2v) is 19.3. The van der Waals surface area contributed by atoms with E-state index in [0.717, 1.165) is 0 Å². The number of amides is 8. The molecule has 0 radical (unpaired) electrons. The van der Waals surface area contributed by atoms with Gasteiger partial charge in [0, 0.05) is 63.4 Å². The molecule has 1 heterocycles. The van der Waals surface area contributed by atoms with Crippen molar-refractivity contribution in [1.29, 1.82) is 0 Å². The number of carboxylic acids is 1. The number of rotatable bonds is 33. The lowest BCUT2D eigenvalue weighted by molar-refractivity contribution is -0.143. The van der Waals surface area contributed by atoms with Crippen LogP contribution >= 0.6 is 0 Å². The molecule has 8 amide bonds. The SMILES string of the molecule is CNC(NC)C(NC(=O)C(Cc1ccc(O)cc1)NC(=O)C(CC(=O)C(CC(N)CNC(N)=O)NC(=O)C(N)CC(N)=O)C(C)OC)C(=O)NC(CC1C=NC=N1)C(=O)C1CCCC1C(=O)NC(Cc1ccccc1)C(=O)O. The summed E-state index contributed by atoms with van der Waals surface area (Å²) in [5, 5.41) is 41.5. The third-order valence-corrected chi connectivity index (χ3v) is 13.6. The Morgan fingerprint density at radius 2 is 1.35 bits per heavy atom. The molecule has 0 spiro atoms. The first-order valence-electron chi connectivity index (χ1n) is 25.4. The molecule has 426 valence electrons. The summed E-state index contributed by atoms with van der Waals surface area (Å²) in [5.41, 5.74) is 23.6. The standard InChI is InChI=1S/C51H74N14O13/c1-26(78-4)34(21-40(67)36(19-29(52)23-59-51(55)77)61-47(72)35(53)22-41(54)68)46(71)63-38(17-28-13-15-31(66)16-14-28)48(73)65-42(44(56-2)57-3)49(74)62-37(20-30-24-58-25-60-30)43(69)32-11-8-12-33(32)45(70)64-39(50(75)76)18-27-9-6-5-7-10-27/h5-7,9-10,13-16,24-26,29-30,32-39,42,44,56-57,66H,8,11-12,17-23,52-53H2,1-4H3,(H2,54,68)(H,61,72)(H,62,74)(H,63,71)(H,64,70)(H,65,73)(H,75,76)(H3,55,59,77). The van der Waals surface area contributed by atoms with Crippen molar-refractivity contribution in [3.05, 3.63) is 65.7 Å². The van der Waals surface area contributed by atoms with E-state index >= 15 is 0 Å². The van der Waals surface area contributed by atoms with E-state index in [-0.39, 0.29) is 50.8 Å². The van der Waals surface area contributed by atoms with Crippen molar-refractivity contribution in [2.45, 2.75) is 125 Å². The number of aromatic hydroxyl groups is 1. The van der Waals surface area contributed by atoms with Gasteiger partial charge in [0.25, 0.3) is 0 Å². The van der Waals surface area contributed by atoms with Gasteiger partial charge in [-0.25, -0.2) is 14.6 Å². The van der Waals surface area contributed by atoms with Crippen LogP contribution in [0.15, 0.2) is 64.6 Å². The van der Waals surface area contributed by atoms with E-state index in [9.17, 15) is 58.2 Å². The molecule has 0 aromatic heterocycles. The molecule has 18 N–H and O–H groups in total. The zero-order valence-electron chi connectivity index (χ0n) is 44.0. The fourth-order valence-electron chi connectivity index (χ4n) is 9.23. The van der Waals surface area contributed by atoms with Gasteiger partial charge in [0.1, 0.15) is 30.2 Å². The van der Waals surface area contributed by atoms with Gasteiger partial charge in [0.2, 0.25) is 35.4 Å². The van der Waals surface area contributed by atoms with Crippen molar-refractivity contribution in [3.63, 3.8) is 0 Å². The third kappa shape index (κ3) is 19.4. The Hall–Kier alpha value is -7.72. The molecule has 12 atom stereocenters. The second-order valence-electron chi connectivity index (χ2n) is 19.3. The number of phenols is 1. The van der Waals surface area contributed by atoms with Crippen LogP contribution in [0.4, 0.5) is 4.79 Å². The number of aliphatic imine (C=N–C) groups is 2. The maximum absolute atomic E-state index is 14.7. The van der Waals surface area contributed by atoms with Gasteiger partial charge in [0.15, 0.2) is 11.6 Å². The minimum Gasteiger partial charge on any atom is -0.508 e. The van der Waals surface area contributed by atoms with Gasteiger partial charge in [0.05, 0.1) is 48.8 Å². The van der Waals surface area contributed by atoms with Gasteiger partial charge < -0.3 is 80.4 Å². The summed E-state index contributed by atoms with van der Waals surface area (Å²) in [7, 11) is 4.26. The first-order chi connectivity index (χ1) is 37.0. The third-order valence-electron chi connectivity index (χ3n) is 13.6. The summed E-state index contributed by atoms with van der Waals surface area (Å²) in [6, 6.07) is 3.34. The van der Waals surface area contributed by atoms with Gasteiger partial charge in [-0.15, -0.1) is 0 Å². The number of carbonyl (C=O) groups excluding carboxylic acids is 9. The fourth-order valence-corrected chi connectivity index (χ4v) is 9.23. The minimum atomic E-state index is -1.53. The number of aliphatic carboxylic acids is 1. The van der Waals surface area contributed by atoms with E-state index in [0.29, 0.717) is 17.5 Å². The number of benzene rings is 2. The van der Waals surface area contributed by atoms with E-state index in [1.54, 1.807) is 30.3 Å². The quantitative estimate of drug-likeness (QED) is 0.0309. The molecule has 0 saturated heterocycles. The van der Waals surface area contributed by atoms with Crippen LogP contribution in [0.25, 0.3) is 0 Å². The van der Waals surface area contributed by atoms with Crippen LogP contribution in [0.2, 0.25) is 0 Å². The number of hydrogen-bond donors (Lipinski definition) is 14. The van der Waals surface area contributed by atoms with Crippen LogP contribution < -0.4 is 65.5 Å². The number of nitrogens with one attached hydrogen (secondary N) is 8. The van der Waals surface area contributed by atoms with Crippen molar-refractivity contribution in [2.24, 2.45) is 50.7 Å². The first-order valence-corrected chi connectivity index (χ1v) is 25.4. The van der Waals surface area contributed by atoms with E-state index in [1.165, 1.54) is 64.9 Å². The van der Waals surface area contributed by atoms with Gasteiger partial charge >= 0.3 is 12.0 Å². The Bertz CT molecular complexity index is 2470. The molecule has 2 aromatic rings. The molecular weight excluding hydrogens is 1020 g/mol. The zero-order chi connectivity index (χ0) is 57.6. The minimum absolute atomic E-state index is 0.00313. The zero-order valence-corrected chi connectivity index (χ0v) is 44.0. The number of urea groups is 1. The number of nitrogens with two attached hydrogens (primary N) is 4. The van der Waals surface area contributed by atoms with Gasteiger partial charge in [-0.05, 0) is 63.5 Å². The highest BCUT2D eigenvalue weighted by molar-refractivity contribution is 5.99. The molecule has 0 bridgehead atoms. The van der Waals surface area contributed by atoms with Gasteiger partial charge in [-0.3, -0.25) is 43.3 Å². The second kappa shape index (κ2) is 30.9. The first kappa shape index (κ1) is 62.8. The summed E-state index contributed by atoms with van der Waals surface area (Å²) in [5.74, 6) is -11.0. The van der Waals surface area contributed by atoms with Crippen LogP contribution in [0.1, 0.15) is 63.0 Å². The van der Waals surface area contributed by atoms with Gasteiger partial charge in [-0.2, -0.15) is 0 Å². The van der Waals surface area contributed by atoms with Crippen LogP contribution in [-0.2, 0) is 60.7 Å². The highest BCUT2D eigenvalue weighted by atomic mass is 16.5. The normalized spacial score (nSPS) is 19.1. The Morgan fingerprint density at radius 3 is 1.94 bits per heavy atom. The molecule has 2 aromatic carbocycles. The largest absolute Gasteiger partial charge is 0.508 e. The van der Waals surface area contributed by atoms with Crippen molar-refractivity contribution in [3.8, 4) is 5.75 Å². The van der Waals surface area contributed by atoms with Crippen LogP contribution in [0.3, 0.4) is 0 Å². The van der Waals surface area contributed by atoms with Crippen molar-refractivity contribution < 1.29 is 62.9 Å². The monoisotopic (exact) mass is 1090 g/mol. The molecule has 27 heteroatoms. The highest BCUT2D eigenvalue weighted by Crippen LogP contribution is 2.34. The Labute approximate surface area is 451 Å². The number of carboxylic acid groups (broad SMARTS) is 1. The molecule has 1 aliphatic heterocycles. The average molecular weight is 1090 g/mol. The molecule has 12 unspecified atom stereocenters. The predicted molar refractivity (Wildman–Crippen MR) is 284 cm³/mol. The lowest BCUT2D eigenvalue weighted by Gasteiger charge is -2.32.